The van der Waals surface area contributed by atoms with Crippen LogP contribution < -0.4 is 15.4 Å². The van der Waals surface area contributed by atoms with Crippen LogP contribution in [0.25, 0.3) is 5.69 Å². The van der Waals surface area contributed by atoms with Gasteiger partial charge in [0.1, 0.15) is 11.4 Å². The van der Waals surface area contributed by atoms with Gasteiger partial charge in [-0.05, 0) is 82.1 Å². The second kappa shape index (κ2) is 11.7. The standard InChI is InChI=1S/C27H32ClFN4O2/c1-18-26(28)19(2)33(32-18)25-14-11-22(17-24(25)29)31-27(34)20-9-12-23(13-10-20)35-16-6-15-30-21-7-4-3-5-8-21/h9-14,17,21,30H,3-8,15-16H2,1-2H3,(H,31,34). The molecule has 186 valence electrons. The number of hydrogen-bond acceptors (Lipinski definition) is 4. The number of nitrogens with zero attached hydrogens (tertiary/aromatic N) is 2. The van der Waals surface area contributed by atoms with E-state index in [1.807, 2.05) is 0 Å². The van der Waals surface area contributed by atoms with Crippen molar-refractivity contribution >= 4 is 23.2 Å². The molecule has 1 aromatic heterocycles. The highest BCUT2D eigenvalue weighted by atomic mass is 35.5. The molecule has 2 aromatic carbocycles. The van der Waals surface area contributed by atoms with E-state index in [1.54, 1.807) is 50.2 Å². The van der Waals surface area contributed by atoms with Crippen molar-refractivity contribution in [2.45, 2.75) is 58.4 Å². The summed E-state index contributed by atoms with van der Waals surface area (Å²) in [6.07, 6.45) is 7.51. The summed E-state index contributed by atoms with van der Waals surface area (Å²) in [6.45, 7) is 5.12. The monoisotopic (exact) mass is 498 g/mol. The van der Waals surface area contributed by atoms with Gasteiger partial charge in [-0.15, -0.1) is 0 Å². The largest absolute Gasteiger partial charge is 0.494 e. The van der Waals surface area contributed by atoms with Crippen molar-refractivity contribution in [2.75, 3.05) is 18.5 Å². The van der Waals surface area contributed by atoms with Crippen LogP contribution in [0.3, 0.4) is 0 Å². The van der Waals surface area contributed by atoms with Gasteiger partial charge in [0, 0.05) is 17.3 Å². The van der Waals surface area contributed by atoms with E-state index in [4.69, 9.17) is 16.3 Å². The van der Waals surface area contributed by atoms with Crippen molar-refractivity contribution in [3.8, 4) is 11.4 Å². The molecule has 0 unspecified atom stereocenters. The maximum absolute atomic E-state index is 14.8. The highest BCUT2D eigenvalue weighted by molar-refractivity contribution is 6.31. The number of aryl methyl sites for hydroxylation is 1. The first kappa shape index (κ1) is 25.2. The first-order valence-corrected chi connectivity index (χ1v) is 12.6. The Labute approximate surface area is 210 Å². The molecule has 0 saturated heterocycles. The second-order valence-corrected chi connectivity index (χ2v) is 9.41. The van der Waals surface area contributed by atoms with Crippen LogP contribution in [-0.4, -0.2) is 34.9 Å². The second-order valence-electron chi connectivity index (χ2n) is 9.03. The van der Waals surface area contributed by atoms with Crippen molar-refractivity contribution in [1.29, 1.82) is 0 Å². The van der Waals surface area contributed by atoms with E-state index >= 15 is 0 Å². The maximum atomic E-state index is 14.8. The van der Waals surface area contributed by atoms with Crippen LogP contribution >= 0.6 is 11.6 Å². The van der Waals surface area contributed by atoms with E-state index in [1.165, 1.54) is 42.9 Å². The summed E-state index contributed by atoms with van der Waals surface area (Å²) < 4.78 is 22.0. The Hall–Kier alpha value is -2.90. The maximum Gasteiger partial charge on any atom is 0.255 e. The molecule has 8 heteroatoms. The Morgan fingerprint density at radius 3 is 2.54 bits per heavy atom. The molecule has 4 rings (SSSR count). The third-order valence-corrected chi connectivity index (χ3v) is 6.93. The summed E-state index contributed by atoms with van der Waals surface area (Å²) in [7, 11) is 0. The number of hydrogen-bond donors (Lipinski definition) is 2. The highest BCUT2D eigenvalue weighted by Gasteiger charge is 2.15. The number of nitrogens with one attached hydrogen (secondary N) is 2. The Morgan fingerprint density at radius 2 is 1.89 bits per heavy atom. The molecule has 3 aromatic rings. The molecule has 0 bridgehead atoms. The van der Waals surface area contributed by atoms with Gasteiger partial charge in [0.05, 0.1) is 23.0 Å². The molecular weight excluding hydrogens is 467 g/mol. The minimum Gasteiger partial charge on any atom is -0.494 e. The zero-order chi connectivity index (χ0) is 24.8. The molecule has 1 amide bonds. The number of halogens is 2. The molecule has 2 N–H and O–H groups in total. The summed E-state index contributed by atoms with van der Waals surface area (Å²) in [5.74, 6) is -0.112. The molecule has 6 nitrogen and oxygen atoms in total. The average molecular weight is 499 g/mol. The van der Waals surface area contributed by atoms with Crippen LogP contribution in [0.4, 0.5) is 10.1 Å². The van der Waals surface area contributed by atoms with Crippen molar-refractivity contribution in [1.82, 2.24) is 15.1 Å². The van der Waals surface area contributed by atoms with Crippen molar-refractivity contribution in [3.63, 3.8) is 0 Å². The molecule has 1 saturated carbocycles. The van der Waals surface area contributed by atoms with Crippen molar-refractivity contribution in [2.24, 2.45) is 0 Å². The summed E-state index contributed by atoms with van der Waals surface area (Å²) in [4.78, 5) is 12.6. The SMILES string of the molecule is Cc1nn(-c2ccc(NC(=O)c3ccc(OCCCNC4CCCCC4)cc3)cc2F)c(C)c1Cl. The number of benzene rings is 2. The van der Waals surface area contributed by atoms with Gasteiger partial charge in [-0.1, -0.05) is 30.9 Å². The van der Waals surface area contributed by atoms with Gasteiger partial charge in [-0.3, -0.25) is 4.79 Å². The quantitative estimate of drug-likeness (QED) is 0.343. The normalized spacial score (nSPS) is 14.2. The zero-order valence-corrected chi connectivity index (χ0v) is 21.0. The van der Waals surface area contributed by atoms with Gasteiger partial charge in [0.15, 0.2) is 5.82 Å². The molecule has 1 fully saturated rings. The molecule has 0 aliphatic heterocycles. The lowest BCUT2D eigenvalue weighted by Gasteiger charge is -2.22. The number of aromatic nitrogens is 2. The minimum atomic E-state index is -0.508. The first-order valence-electron chi connectivity index (χ1n) is 12.2. The van der Waals surface area contributed by atoms with Crippen LogP contribution in [0, 0.1) is 19.7 Å². The number of carbonyl (C=O) groups is 1. The Kier molecular flexibility index (Phi) is 8.42. The lowest BCUT2D eigenvalue weighted by atomic mass is 9.95. The molecule has 0 atom stereocenters. The predicted molar refractivity (Wildman–Crippen MR) is 137 cm³/mol. The molecule has 0 radical (unpaired) electrons. The third-order valence-electron chi connectivity index (χ3n) is 6.38. The van der Waals surface area contributed by atoms with E-state index in [0.717, 1.165) is 18.7 Å². The first-order chi connectivity index (χ1) is 16.9. The summed E-state index contributed by atoms with van der Waals surface area (Å²) in [5.41, 5.74) is 2.37. The minimum absolute atomic E-state index is 0.269. The summed E-state index contributed by atoms with van der Waals surface area (Å²) in [5, 5.41) is 11.1. The number of amides is 1. The lowest BCUT2D eigenvalue weighted by molar-refractivity contribution is 0.102. The number of anilines is 1. The lowest BCUT2D eigenvalue weighted by Crippen LogP contribution is -2.32. The van der Waals surface area contributed by atoms with Crippen molar-refractivity contribution in [3.05, 3.63) is 70.3 Å². The van der Waals surface area contributed by atoms with Crippen LogP contribution in [-0.2, 0) is 0 Å². The Balaban J connectivity index is 1.27. The van der Waals surface area contributed by atoms with Gasteiger partial charge in [-0.25, -0.2) is 9.07 Å². The van der Waals surface area contributed by atoms with E-state index < -0.39 is 5.82 Å². The molecular formula is C27H32ClFN4O2. The third kappa shape index (κ3) is 6.41. The van der Waals surface area contributed by atoms with Gasteiger partial charge in [-0.2, -0.15) is 5.10 Å². The molecule has 1 heterocycles. The van der Waals surface area contributed by atoms with Gasteiger partial charge in [0.25, 0.3) is 5.91 Å². The number of carbonyl (C=O) groups excluding carboxylic acids is 1. The molecule has 0 spiro atoms. The summed E-state index contributed by atoms with van der Waals surface area (Å²) in [6, 6.07) is 12.1. The van der Waals surface area contributed by atoms with Crippen molar-refractivity contribution < 1.29 is 13.9 Å². The fraction of sp³-hybridized carbons (Fsp3) is 0.407. The van der Waals surface area contributed by atoms with Gasteiger partial charge in [0.2, 0.25) is 0 Å². The van der Waals surface area contributed by atoms with E-state index in [9.17, 15) is 9.18 Å². The Morgan fingerprint density at radius 1 is 1.14 bits per heavy atom. The highest BCUT2D eigenvalue weighted by Crippen LogP contribution is 2.25. The predicted octanol–water partition coefficient (Wildman–Crippen LogP) is 6.23. The van der Waals surface area contributed by atoms with Crippen LogP contribution in [0.1, 0.15) is 60.3 Å². The van der Waals surface area contributed by atoms with Gasteiger partial charge >= 0.3 is 0 Å². The Bertz CT molecular complexity index is 1160. The molecule has 1 aliphatic rings. The van der Waals surface area contributed by atoms with E-state index in [-0.39, 0.29) is 11.6 Å². The van der Waals surface area contributed by atoms with E-state index in [2.05, 4.69) is 15.7 Å². The van der Waals surface area contributed by atoms with Crippen LogP contribution in [0.15, 0.2) is 42.5 Å². The topological polar surface area (TPSA) is 68.2 Å². The van der Waals surface area contributed by atoms with Crippen LogP contribution in [0.5, 0.6) is 5.75 Å². The molecule has 1 aliphatic carbocycles. The number of ether oxygens (including phenoxy) is 1. The fourth-order valence-corrected chi connectivity index (χ4v) is 4.51. The fourth-order valence-electron chi connectivity index (χ4n) is 4.40. The zero-order valence-electron chi connectivity index (χ0n) is 20.2. The average Bonchev–Trinajstić information content (AvgIpc) is 3.12. The number of rotatable bonds is 9. The summed E-state index contributed by atoms with van der Waals surface area (Å²) >= 11 is 6.18. The van der Waals surface area contributed by atoms with Crippen LogP contribution in [0.2, 0.25) is 5.02 Å². The molecule has 35 heavy (non-hydrogen) atoms. The smallest absolute Gasteiger partial charge is 0.255 e. The van der Waals surface area contributed by atoms with E-state index in [0.29, 0.717) is 40.3 Å². The van der Waals surface area contributed by atoms with Gasteiger partial charge < -0.3 is 15.4 Å².